The molecule has 1 aliphatic rings. The zero-order chi connectivity index (χ0) is 15.6. The van der Waals surface area contributed by atoms with Crippen molar-refractivity contribution in [1.29, 1.82) is 0 Å². The molecule has 0 heterocycles. The number of amides is 1. The lowest BCUT2D eigenvalue weighted by molar-refractivity contribution is -0.137. The summed E-state index contributed by atoms with van der Waals surface area (Å²) in [6.45, 7) is 2.41. The second kappa shape index (κ2) is 6.01. The van der Waals surface area contributed by atoms with E-state index < -0.39 is 29.0 Å². The van der Waals surface area contributed by atoms with E-state index in [1.165, 1.54) is 0 Å². The maximum Gasteiger partial charge on any atom is 0.416 e. The highest BCUT2D eigenvalue weighted by atomic mass is 19.4. The van der Waals surface area contributed by atoms with E-state index in [0.717, 1.165) is 0 Å². The van der Waals surface area contributed by atoms with Crippen LogP contribution >= 0.6 is 0 Å². The van der Waals surface area contributed by atoms with Gasteiger partial charge in [0.25, 0.3) is 5.91 Å². The first-order valence-corrected chi connectivity index (χ1v) is 6.60. The zero-order valence-electron chi connectivity index (χ0n) is 11.3. The molecule has 0 aliphatic heterocycles. The number of rotatable bonds is 4. The molecule has 116 valence electrons. The molecule has 0 radical (unpaired) electrons. The van der Waals surface area contributed by atoms with E-state index in [4.69, 9.17) is 4.74 Å². The summed E-state index contributed by atoms with van der Waals surface area (Å²) in [5.74, 6) is -1.81. The molecule has 0 bridgehead atoms. The van der Waals surface area contributed by atoms with Crippen molar-refractivity contribution in [2.45, 2.75) is 38.1 Å². The molecule has 1 saturated carbocycles. The number of carbonyl (C=O) groups excluding carboxylic acids is 1. The number of ether oxygens (including phenoxy) is 1. The first-order chi connectivity index (χ1) is 9.81. The Hall–Kier alpha value is -1.63. The molecule has 1 aromatic carbocycles. The molecule has 0 saturated heterocycles. The SMILES string of the molecule is CCOC1CC(NC(=O)c2cc(C(F)(F)F)ccc2F)C1. The molecule has 2 rings (SSSR count). The highest BCUT2D eigenvalue weighted by Crippen LogP contribution is 2.30. The van der Waals surface area contributed by atoms with Crippen LogP contribution in [0.3, 0.4) is 0 Å². The summed E-state index contributed by atoms with van der Waals surface area (Å²) >= 11 is 0. The number of alkyl halides is 3. The molecule has 1 N–H and O–H groups in total. The third kappa shape index (κ3) is 3.72. The summed E-state index contributed by atoms with van der Waals surface area (Å²) in [6.07, 6.45) is -3.40. The van der Waals surface area contributed by atoms with Gasteiger partial charge in [0.2, 0.25) is 0 Å². The summed E-state index contributed by atoms with van der Waals surface area (Å²) < 4.78 is 56.5. The standard InChI is InChI=1S/C14H15F4NO2/c1-2-21-10-6-9(7-10)19-13(20)11-5-8(14(16,17)18)3-4-12(11)15/h3-5,9-10H,2,6-7H2,1H3,(H,19,20). The molecule has 1 fully saturated rings. The van der Waals surface area contributed by atoms with Crippen molar-refractivity contribution in [1.82, 2.24) is 5.32 Å². The van der Waals surface area contributed by atoms with Gasteiger partial charge in [-0.25, -0.2) is 4.39 Å². The lowest BCUT2D eigenvalue weighted by Crippen LogP contribution is -2.48. The van der Waals surface area contributed by atoms with Crippen LogP contribution in [0.25, 0.3) is 0 Å². The smallest absolute Gasteiger partial charge is 0.378 e. The second-order valence-electron chi connectivity index (χ2n) is 4.91. The Labute approximate surface area is 119 Å². The van der Waals surface area contributed by atoms with Gasteiger partial charge in [-0.3, -0.25) is 4.79 Å². The van der Waals surface area contributed by atoms with Gasteiger partial charge in [-0.15, -0.1) is 0 Å². The average molecular weight is 305 g/mol. The van der Waals surface area contributed by atoms with Crippen LogP contribution in [-0.2, 0) is 10.9 Å². The molecule has 3 nitrogen and oxygen atoms in total. The Morgan fingerprint density at radius 3 is 2.62 bits per heavy atom. The number of hydrogen-bond donors (Lipinski definition) is 1. The topological polar surface area (TPSA) is 38.3 Å². The van der Waals surface area contributed by atoms with Crippen molar-refractivity contribution in [3.8, 4) is 0 Å². The van der Waals surface area contributed by atoms with Gasteiger partial charge in [0.15, 0.2) is 0 Å². The lowest BCUT2D eigenvalue weighted by Gasteiger charge is -2.35. The molecular formula is C14H15F4NO2. The van der Waals surface area contributed by atoms with Gasteiger partial charge in [0.1, 0.15) is 5.82 Å². The van der Waals surface area contributed by atoms with Gasteiger partial charge in [-0.1, -0.05) is 0 Å². The third-order valence-electron chi connectivity index (χ3n) is 3.37. The summed E-state index contributed by atoms with van der Waals surface area (Å²) in [5, 5.41) is 2.51. The van der Waals surface area contributed by atoms with Crippen molar-refractivity contribution >= 4 is 5.91 Å². The molecule has 0 unspecified atom stereocenters. The highest BCUT2D eigenvalue weighted by molar-refractivity contribution is 5.95. The van der Waals surface area contributed by atoms with Crippen LogP contribution in [0.5, 0.6) is 0 Å². The van der Waals surface area contributed by atoms with Crippen molar-refractivity contribution < 1.29 is 27.1 Å². The maximum atomic E-state index is 13.5. The molecule has 21 heavy (non-hydrogen) atoms. The van der Waals surface area contributed by atoms with Gasteiger partial charge < -0.3 is 10.1 Å². The molecule has 0 aromatic heterocycles. The Bertz CT molecular complexity index is 524. The van der Waals surface area contributed by atoms with Crippen LogP contribution < -0.4 is 5.32 Å². The number of nitrogens with one attached hydrogen (secondary N) is 1. The summed E-state index contributed by atoms with van der Waals surface area (Å²) in [5.41, 5.74) is -1.64. The van der Waals surface area contributed by atoms with E-state index in [2.05, 4.69) is 5.32 Å². The monoisotopic (exact) mass is 305 g/mol. The maximum absolute atomic E-state index is 13.5. The molecule has 1 aromatic rings. The highest BCUT2D eigenvalue weighted by Gasteiger charge is 2.34. The van der Waals surface area contributed by atoms with Crippen LogP contribution in [-0.4, -0.2) is 24.7 Å². The largest absolute Gasteiger partial charge is 0.416 e. The lowest BCUT2D eigenvalue weighted by atomic mass is 9.89. The van der Waals surface area contributed by atoms with Crippen molar-refractivity contribution in [3.05, 3.63) is 35.1 Å². The van der Waals surface area contributed by atoms with Crippen LogP contribution in [0.4, 0.5) is 17.6 Å². The van der Waals surface area contributed by atoms with E-state index in [0.29, 0.717) is 37.6 Å². The summed E-state index contributed by atoms with van der Waals surface area (Å²) in [4.78, 5) is 11.9. The summed E-state index contributed by atoms with van der Waals surface area (Å²) in [7, 11) is 0. The van der Waals surface area contributed by atoms with E-state index in [1.54, 1.807) is 0 Å². The molecule has 1 amide bonds. The number of hydrogen-bond acceptors (Lipinski definition) is 2. The van der Waals surface area contributed by atoms with Crippen molar-refractivity contribution in [2.24, 2.45) is 0 Å². The van der Waals surface area contributed by atoms with Crippen LogP contribution in [0.2, 0.25) is 0 Å². The minimum Gasteiger partial charge on any atom is -0.378 e. The van der Waals surface area contributed by atoms with Crippen molar-refractivity contribution in [2.75, 3.05) is 6.61 Å². The number of halogens is 4. The van der Waals surface area contributed by atoms with Crippen LogP contribution in [0.15, 0.2) is 18.2 Å². The number of carbonyl (C=O) groups is 1. The fraction of sp³-hybridized carbons (Fsp3) is 0.500. The minimum atomic E-state index is -4.61. The quantitative estimate of drug-likeness (QED) is 0.868. The first kappa shape index (κ1) is 15.8. The average Bonchev–Trinajstić information content (AvgIpc) is 2.35. The Balaban J connectivity index is 2.03. The molecule has 0 spiro atoms. The Kier molecular flexibility index (Phi) is 4.51. The van der Waals surface area contributed by atoms with Gasteiger partial charge in [0.05, 0.1) is 17.2 Å². The molecule has 0 atom stereocenters. The van der Waals surface area contributed by atoms with Gasteiger partial charge >= 0.3 is 6.18 Å². The number of benzene rings is 1. The van der Waals surface area contributed by atoms with Crippen LogP contribution in [0, 0.1) is 5.82 Å². The molecular weight excluding hydrogens is 290 g/mol. The molecule has 1 aliphatic carbocycles. The molecule has 7 heteroatoms. The van der Waals surface area contributed by atoms with Crippen molar-refractivity contribution in [3.63, 3.8) is 0 Å². The van der Waals surface area contributed by atoms with E-state index in [-0.39, 0.29) is 12.1 Å². The third-order valence-corrected chi connectivity index (χ3v) is 3.37. The second-order valence-corrected chi connectivity index (χ2v) is 4.91. The minimum absolute atomic E-state index is 0.0478. The fourth-order valence-corrected chi connectivity index (χ4v) is 2.19. The van der Waals surface area contributed by atoms with E-state index in [9.17, 15) is 22.4 Å². The van der Waals surface area contributed by atoms with E-state index >= 15 is 0 Å². The van der Waals surface area contributed by atoms with Gasteiger partial charge in [-0.05, 0) is 38.0 Å². The predicted molar refractivity (Wildman–Crippen MR) is 67.3 cm³/mol. The Morgan fingerprint density at radius 1 is 1.38 bits per heavy atom. The van der Waals surface area contributed by atoms with Crippen LogP contribution in [0.1, 0.15) is 35.7 Å². The zero-order valence-corrected chi connectivity index (χ0v) is 11.3. The van der Waals surface area contributed by atoms with Gasteiger partial charge in [0, 0.05) is 12.6 Å². The van der Waals surface area contributed by atoms with E-state index in [1.807, 2.05) is 6.92 Å². The Morgan fingerprint density at radius 2 is 2.05 bits per heavy atom. The summed E-state index contributed by atoms with van der Waals surface area (Å²) in [6, 6.07) is 1.61. The fourth-order valence-electron chi connectivity index (χ4n) is 2.19. The first-order valence-electron chi connectivity index (χ1n) is 6.60. The predicted octanol–water partition coefficient (Wildman–Crippen LogP) is 3.14. The normalized spacial score (nSPS) is 21.8. The van der Waals surface area contributed by atoms with Gasteiger partial charge in [-0.2, -0.15) is 13.2 Å².